The Balaban J connectivity index is 2.07. The minimum atomic E-state index is -0.621. The molecule has 0 amide bonds. The van der Waals surface area contributed by atoms with E-state index in [0.717, 1.165) is 6.42 Å². The molecule has 7 nitrogen and oxygen atoms in total. The van der Waals surface area contributed by atoms with Crippen LogP contribution >= 0.6 is 35.2 Å². The Hall–Kier alpha value is -0.650. The molecule has 0 aliphatic carbocycles. The van der Waals surface area contributed by atoms with Crippen molar-refractivity contribution < 1.29 is 9.84 Å². The Kier molecular flexibility index (Phi) is 3.77. The Morgan fingerprint density at radius 3 is 2.95 bits per heavy atom. The maximum atomic E-state index is 10.1. The van der Waals surface area contributed by atoms with E-state index in [1.54, 1.807) is 10.9 Å². The first kappa shape index (κ1) is 14.3. The van der Waals surface area contributed by atoms with Crippen LogP contribution in [0.3, 0.4) is 0 Å². The molecule has 3 rings (SSSR count). The van der Waals surface area contributed by atoms with E-state index in [2.05, 4.69) is 27.6 Å². The smallest absolute Gasteiger partial charge is 0.194 e. The minimum Gasteiger partial charge on any atom is -0.389 e. The Morgan fingerprint density at radius 1 is 1.55 bits per heavy atom. The molecule has 1 aliphatic heterocycles. The summed E-state index contributed by atoms with van der Waals surface area (Å²) in [5.74, 6) is 0.333. The fraction of sp³-hybridized carbons (Fsp3) is 0.545. The number of nitrogens with two attached hydrogens (primary N) is 1. The summed E-state index contributed by atoms with van der Waals surface area (Å²) < 4.78 is 8.15. The molecule has 1 fully saturated rings. The van der Waals surface area contributed by atoms with Crippen molar-refractivity contribution in [1.29, 1.82) is 0 Å². The van der Waals surface area contributed by atoms with E-state index >= 15 is 0 Å². The summed E-state index contributed by atoms with van der Waals surface area (Å²) in [6.45, 7) is 1.96. The fourth-order valence-electron chi connectivity index (χ4n) is 2.39. The molecule has 1 aliphatic rings. The molecule has 0 spiro atoms. The Morgan fingerprint density at radius 2 is 2.30 bits per heavy atom. The summed E-state index contributed by atoms with van der Waals surface area (Å²) in [4.78, 5) is 12.7. The highest BCUT2D eigenvalue weighted by molar-refractivity contribution is 14.1. The molecule has 3 N–H and O–H groups in total. The van der Waals surface area contributed by atoms with Gasteiger partial charge >= 0.3 is 0 Å². The lowest BCUT2D eigenvalue weighted by molar-refractivity contribution is -0.0180. The van der Waals surface area contributed by atoms with Crippen molar-refractivity contribution in [1.82, 2.24) is 19.5 Å². The van der Waals surface area contributed by atoms with Crippen molar-refractivity contribution in [2.24, 2.45) is 0 Å². The van der Waals surface area contributed by atoms with Crippen LogP contribution in [0.5, 0.6) is 0 Å². The van der Waals surface area contributed by atoms with Crippen LogP contribution in [0.4, 0.5) is 5.82 Å². The van der Waals surface area contributed by atoms with Gasteiger partial charge in [0.2, 0.25) is 0 Å². The van der Waals surface area contributed by atoms with Crippen LogP contribution in [-0.2, 0) is 4.74 Å². The van der Waals surface area contributed by atoms with Crippen LogP contribution in [0.25, 0.3) is 11.2 Å². The monoisotopic (exact) mass is 407 g/mol. The standard InChI is InChI=1S/C11H14IN5O2S/c1-2-4-6(18)7(20)10(19-4)17-3-14-5-8(13)15-11(12)16-9(5)17/h3-4,6-7,10,18,20H,2H2,1H3,(H2,13,15,16)/t4-,6-,7-,10-/m1/s1. The zero-order valence-corrected chi connectivity index (χ0v) is 13.7. The zero-order valence-electron chi connectivity index (χ0n) is 10.6. The number of imidazole rings is 1. The molecule has 20 heavy (non-hydrogen) atoms. The molecule has 1 saturated heterocycles. The third-order valence-electron chi connectivity index (χ3n) is 3.43. The number of nitrogen functional groups attached to an aromatic ring is 1. The number of aliphatic hydroxyl groups excluding tert-OH is 1. The zero-order chi connectivity index (χ0) is 14.4. The summed E-state index contributed by atoms with van der Waals surface area (Å²) in [7, 11) is 0. The highest BCUT2D eigenvalue weighted by atomic mass is 127. The summed E-state index contributed by atoms with van der Waals surface area (Å²) >= 11 is 6.46. The number of nitrogens with zero attached hydrogens (tertiary/aromatic N) is 4. The number of fused-ring (bicyclic) bond motifs is 1. The van der Waals surface area contributed by atoms with Gasteiger partial charge in [-0.2, -0.15) is 12.6 Å². The lowest BCUT2D eigenvalue weighted by atomic mass is 10.1. The summed E-state index contributed by atoms with van der Waals surface area (Å²) in [5, 5.41) is 9.77. The van der Waals surface area contributed by atoms with E-state index in [1.165, 1.54) is 0 Å². The van der Waals surface area contributed by atoms with Crippen molar-refractivity contribution in [3.63, 3.8) is 0 Å². The lowest BCUT2D eigenvalue weighted by Gasteiger charge is -2.16. The predicted molar refractivity (Wildman–Crippen MR) is 85.4 cm³/mol. The number of ether oxygens (including phenoxy) is 1. The topological polar surface area (TPSA) is 99.1 Å². The van der Waals surface area contributed by atoms with Crippen molar-refractivity contribution in [2.75, 3.05) is 5.73 Å². The SMILES string of the molecule is CC[C@H]1O[C@@H](n2cnc3c(N)nc(I)nc32)[C@H](S)[C@@H]1O. The summed E-state index contributed by atoms with van der Waals surface area (Å²) in [6, 6.07) is 0. The lowest BCUT2D eigenvalue weighted by Crippen LogP contribution is -2.27. The van der Waals surface area contributed by atoms with Gasteiger partial charge in [-0.3, -0.25) is 4.57 Å². The average Bonchev–Trinajstić information content (AvgIpc) is 2.93. The third kappa shape index (κ3) is 2.16. The first-order valence-electron chi connectivity index (χ1n) is 6.20. The molecule has 2 aromatic heterocycles. The van der Waals surface area contributed by atoms with E-state index in [9.17, 15) is 5.11 Å². The second kappa shape index (κ2) is 5.28. The summed E-state index contributed by atoms with van der Waals surface area (Å²) in [5.41, 5.74) is 6.97. The highest BCUT2D eigenvalue weighted by Crippen LogP contribution is 2.36. The number of aliphatic hydroxyl groups is 1. The van der Waals surface area contributed by atoms with Gasteiger partial charge in [-0.1, -0.05) is 6.92 Å². The van der Waals surface area contributed by atoms with E-state index in [4.69, 9.17) is 10.5 Å². The van der Waals surface area contributed by atoms with Crippen LogP contribution in [-0.4, -0.2) is 42.1 Å². The summed E-state index contributed by atoms with van der Waals surface area (Å²) in [6.07, 6.45) is 1.04. The molecule has 0 unspecified atom stereocenters. The van der Waals surface area contributed by atoms with Crippen LogP contribution in [0, 0.1) is 3.83 Å². The quantitative estimate of drug-likeness (QED) is 0.390. The molecule has 2 aromatic rings. The first-order valence-corrected chi connectivity index (χ1v) is 7.79. The molecule has 108 valence electrons. The van der Waals surface area contributed by atoms with E-state index in [-0.39, 0.29) is 11.4 Å². The van der Waals surface area contributed by atoms with Gasteiger partial charge in [0.15, 0.2) is 21.5 Å². The molecule has 0 saturated carbocycles. The number of anilines is 1. The Bertz CT molecular complexity index is 651. The van der Waals surface area contributed by atoms with Crippen molar-refractivity contribution in [3.05, 3.63) is 10.2 Å². The van der Waals surface area contributed by atoms with Gasteiger partial charge in [-0.15, -0.1) is 0 Å². The van der Waals surface area contributed by atoms with Crippen molar-refractivity contribution in [3.8, 4) is 0 Å². The average molecular weight is 407 g/mol. The second-order valence-electron chi connectivity index (χ2n) is 4.66. The van der Waals surface area contributed by atoms with E-state index in [1.807, 2.05) is 29.5 Å². The number of rotatable bonds is 2. The van der Waals surface area contributed by atoms with E-state index < -0.39 is 12.3 Å². The molecule has 0 bridgehead atoms. The third-order valence-corrected chi connectivity index (χ3v) is 4.48. The van der Waals surface area contributed by atoms with Gasteiger partial charge in [0.25, 0.3) is 0 Å². The number of hydrogen-bond donors (Lipinski definition) is 3. The molecule has 0 radical (unpaired) electrons. The van der Waals surface area contributed by atoms with E-state index in [0.29, 0.717) is 20.8 Å². The van der Waals surface area contributed by atoms with Crippen molar-refractivity contribution >= 4 is 52.2 Å². The molecule has 9 heteroatoms. The maximum Gasteiger partial charge on any atom is 0.194 e. The molecular formula is C11H14IN5O2S. The molecular weight excluding hydrogens is 393 g/mol. The van der Waals surface area contributed by atoms with Crippen LogP contribution in [0.15, 0.2) is 6.33 Å². The van der Waals surface area contributed by atoms with Crippen molar-refractivity contribution in [2.45, 2.75) is 37.0 Å². The minimum absolute atomic E-state index is 0.238. The molecule has 4 atom stereocenters. The highest BCUT2D eigenvalue weighted by Gasteiger charge is 2.42. The largest absolute Gasteiger partial charge is 0.389 e. The molecule has 0 aromatic carbocycles. The number of aromatic nitrogens is 4. The number of thiol groups is 1. The van der Waals surface area contributed by atoms with Crippen LogP contribution in [0.2, 0.25) is 0 Å². The second-order valence-corrected chi connectivity index (χ2v) is 6.22. The van der Waals surface area contributed by atoms with Gasteiger partial charge in [-0.05, 0) is 6.42 Å². The maximum absolute atomic E-state index is 10.1. The van der Waals surface area contributed by atoms with Gasteiger partial charge in [0.05, 0.1) is 23.8 Å². The predicted octanol–water partition coefficient (Wildman–Crippen LogP) is 0.980. The van der Waals surface area contributed by atoms with Gasteiger partial charge < -0.3 is 15.6 Å². The molecule has 3 heterocycles. The van der Waals surface area contributed by atoms with Gasteiger partial charge in [0, 0.05) is 22.6 Å². The first-order chi connectivity index (χ1) is 9.52. The Labute approximate surface area is 134 Å². The van der Waals surface area contributed by atoms with Crippen LogP contribution in [0.1, 0.15) is 19.6 Å². The van der Waals surface area contributed by atoms with Crippen LogP contribution < -0.4 is 5.73 Å². The number of halogens is 1. The fourth-order valence-corrected chi connectivity index (χ4v) is 3.29. The number of hydrogen-bond acceptors (Lipinski definition) is 7. The normalized spacial score (nSPS) is 30.2. The van der Waals surface area contributed by atoms with Gasteiger partial charge in [-0.25, -0.2) is 15.0 Å². The van der Waals surface area contributed by atoms with Gasteiger partial charge in [0.1, 0.15) is 5.52 Å².